The van der Waals surface area contributed by atoms with E-state index in [9.17, 15) is 17.2 Å². The van der Waals surface area contributed by atoms with Gasteiger partial charge < -0.3 is 14.4 Å². The third kappa shape index (κ3) is 5.11. The number of piperidine rings is 1. The van der Waals surface area contributed by atoms with Crippen LogP contribution in [0.15, 0.2) is 46.7 Å². The second-order valence-corrected chi connectivity index (χ2v) is 10.9. The van der Waals surface area contributed by atoms with E-state index in [-0.39, 0.29) is 4.90 Å². The van der Waals surface area contributed by atoms with Gasteiger partial charge in [0, 0.05) is 37.0 Å². The van der Waals surface area contributed by atoms with Crippen molar-refractivity contribution in [2.24, 2.45) is 0 Å². The Balaban J connectivity index is 1.44. The predicted molar refractivity (Wildman–Crippen MR) is 123 cm³/mol. The van der Waals surface area contributed by atoms with E-state index in [0.717, 1.165) is 16.9 Å². The average molecular weight is 495 g/mol. The Morgan fingerprint density at radius 2 is 1.76 bits per heavy atom. The van der Waals surface area contributed by atoms with E-state index in [1.165, 1.54) is 43.8 Å². The maximum atomic E-state index is 13.4. The Morgan fingerprint density at radius 3 is 2.39 bits per heavy atom. The van der Waals surface area contributed by atoms with E-state index in [0.29, 0.717) is 49.4 Å². The number of methoxy groups -OCH3 is 2. The third-order valence-electron chi connectivity index (χ3n) is 5.68. The van der Waals surface area contributed by atoms with Gasteiger partial charge in [-0.05, 0) is 42.7 Å². The van der Waals surface area contributed by atoms with Gasteiger partial charge in [0.05, 0.1) is 25.2 Å². The quantitative estimate of drug-likeness (QED) is 0.483. The largest absolute Gasteiger partial charge is 0.497 e. The Bertz CT molecular complexity index is 1220. The summed E-state index contributed by atoms with van der Waals surface area (Å²) in [5.74, 6) is -0.468. The highest BCUT2D eigenvalue weighted by molar-refractivity contribution is 7.92. The molecule has 0 N–H and O–H groups in total. The number of aromatic nitrogens is 1. The van der Waals surface area contributed by atoms with Crippen molar-refractivity contribution in [2.45, 2.75) is 29.4 Å². The van der Waals surface area contributed by atoms with Crippen molar-refractivity contribution in [1.82, 2.24) is 4.98 Å². The van der Waals surface area contributed by atoms with Crippen LogP contribution in [0.3, 0.4) is 0 Å². The topological polar surface area (TPSA) is 68.7 Å². The van der Waals surface area contributed by atoms with Crippen LogP contribution < -0.4 is 14.4 Å². The molecule has 10 heteroatoms. The maximum absolute atomic E-state index is 13.4. The van der Waals surface area contributed by atoms with E-state index < -0.39 is 26.7 Å². The highest BCUT2D eigenvalue weighted by Gasteiger charge is 2.34. The molecule has 1 aliphatic heterocycles. The monoisotopic (exact) mass is 494 g/mol. The molecule has 1 saturated heterocycles. The van der Waals surface area contributed by atoms with Crippen LogP contribution >= 0.6 is 11.3 Å². The maximum Gasteiger partial charge on any atom is 0.185 e. The van der Waals surface area contributed by atoms with Crippen LogP contribution in [-0.4, -0.2) is 46.0 Å². The van der Waals surface area contributed by atoms with Gasteiger partial charge in [-0.3, -0.25) is 0 Å². The molecule has 0 bridgehead atoms. The number of thiazole rings is 1. The lowest BCUT2D eigenvalue weighted by atomic mass is 10.1. The molecule has 0 unspecified atom stereocenters. The molecule has 2 aromatic carbocycles. The third-order valence-corrected chi connectivity index (χ3v) is 8.91. The van der Waals surface area contributed by atoms with Gasteiger partial charge >= 0.3 is 0 Å². The SMILES string of the molecule is COc1ccc(OC)c(S(=O)(=O)C2CCN(c3nc(Cc4cc(F)cc(F)c4)cs3)CC2)c1. The molecule has 176 valence electrons. The van der Waals surface area contributed by atoms with Gasteiger partial charge in [0.2, 0.25) is 0 Å². The molecule has 0 spiro atoms. The summed E-state index contributed by atoms with van der Waals surface area (Å²) in [7, 11) is -0.670. The number of hydrogen-bond donors (Lipinski definition) is 0. The molecule has 1 aliphatic rings. The first kappa shape index (κ1) is 23.4. The molecular weight excluding hydrogens is 470 g/mol. The minimum absolute atomic E-state index is 0.140. The van der Waals surface area contributed by atoms with Crippen molar-refractivity contribution in [3.05, 3.63) is 64.7 Å². The number of rotatable bonds is 7. The highest BCUT2D eigenvalue weighted by Crippen LogP contribution is 2.35. The van der Waals surface area contributed by atoms with Gasteiger partial charge in [-0.1, -0.05) is 0 Å². The average Bonchev–Trinajstić information content (AvgIpc) is 3.26. The number of benzene rings is 2. The lowest BCUT2D eigenvalue weighted by Gasteiger charge is -2.31. The van der Waals surface area contributed by atoms with Crippen molar-refractivity contribution >= 4 is 26.3 Å². The Labute approximate surface area is 195 Å². The standard InChI is InChI=1S/C23H24F2N2O4S2/c1-30-19-3-4-21(31-2)22(13-19)33(28,29)20-5-7-27(8-6-20)23-26-18(14-32-23)11-15-9-16(24)12-17(25)10-15/h3-4,9-10,12-14,20H,5-8,11H2,1-2H3. The van der Waals surface area contributed by atoms with Gasteiger partial charge in [0.1, 0.15) is 28.0 Å². The minimum atomic E-state index is -3.61. The first-order valence-corrected chi connectivity index (χ1v) is 12.8. The molecule has 0 radical (unpaired) electrons. The summed E-state index contributed by atoms with van der Waals surface area (Å²) in [6, 6.07) is 8.20. The Kier molecular flexibility index (Phi) is 6.85. The van der Waals surface area contributed by atoms with Crippen molar-refractivity contribution in [2.75, 3.05) is 32.2 Å². The first-order chi connectivity index (χ1) is 15.8. The van der Waals surface area contributed by atoms with Crippen LogP contribution in [0.1, 0.15) is 24.1 Å². The summed E-state index contributed by atoms with van der Waals surface area (Å²) >= 11 is 1.44. The van der Waals surface area contributed by atoms with Crippen molar-refractivity contribution < 1.29 is 26.7 Å². The number of anilines is 1. The molecule has 0 saturated carbocycles. The molecule has 0 atom stereocenters. The van der Waals surface area contributed by atoms with Gasteiger partial charge in [-0.25, -0.2) is 22.2 Å². The summed E-state index contributed by atoms with van der Waals surface area (Å²) in [4.78, 5) is 6.79. The zero-order chi connectivity index (χ0) is 23.6. The lowest BCUT2D eigenvalue weighted by Crippen LogP contribution is -2.39. The zero-order valence-electron chi connectivity index (χ0n) is 18.3. The summed E-state index contributed by atoms with van der Waals surface area (Å²) in [6.07, 6.45) is 1.23. The Morgan fingerprint density at radius 1 is 1.06 bits per heavy atom. The van der Waals surface area contributed by atoms with E-state index in [1.54, 1.807) is 12.1 Å². The van der Waals surface area contributed by atoms with Crippen LogP contribution in [-0.2, 0) is 16.3 Å². The van der Waals surface area contributed by atoms with Crippen molar-refractivity contribution in [1.29, 1.82) is 0 Å². The molecule has 2 heterocycles. The fourth-order valence-corrected chi connectivity index (χ4v) is 6.77. The highest BCUT2D eigenvalue weighted by atomic mass is 32.2. The van der Waals surface area contributed by atoms with E-state index in [1.807, 2.05) is 5.38 Å². The molecule has 1 fully saturated rings. The number of sulfone groups is 1. The summed E-state index contributed by atoms with van der Waals surface area (Å²) in [6.45, 7) is 1.08. The molecule has 33 heavy (non-hydrogen) atoms. The second kappa shape index (κ2) is 9.64. The molecule has 3 aromatic rings. The normalized spacial score (nSPS) is 15.0. The number of hydrogen-bond acceptors (Lipinski definition) is 7. The summed E-state index contributed by atoms with van der Waals surface area (Å²) in [5, 5.41) is 2.10. The van der Waals surface area contributed by atoms with Crippen molar-refractivity contribution in [3.63, 3.8) is 0 Å². The van der Waals surface area contributed by atoms with Crippen LogP contribution in [0.5, 0.6) is 11.5 Å². The number of halogens is 2. The van der Waals surface area contributed by atoms with E-state index in [2.05, 4.69) is 9.88 Å². The van der Waals surface area contributed by atoms with Crippen molar-refractivity contribution in [3.8, 4) is 11.5 Å². The van der Waals surface area contributed by atoms with Gasteiger partial charge in [0.25, 0.3) is 0 Å². The molecule has 6 nitrogen and oxygen atoms in total. The van der Waals surface area contributed by atoms with Crippen LogP contribution in [0.4, 0.5) is 13.9 Å². The van der Waals surface area contributed by atoms with E-state index in [4.69, 9.17) is 9.47 Å². The fourth-order valence-electron chi connectivity index (χ4n) is 3.99. The first-order valence-electron chi connectivity index (χ1n) is 10.4. The van der Waals surface area contributed by atoms with Gasteiger partial charge in [-0.2, -0.15) is 0 Å². The van der Waals surface area contributed by atoms with Crippen LogP contribution in [0, 0.1) is 11.6 Å². The number of ether oxygens (including phenoxy) is 2. The van der Waals surface area contributed by atoms with Gasteiger partial charge in [-0.15, -0.1) is 11.3 Å². The molecule has 0 amide bonds. The Hall–Kier alpha value is -2.72. The lowest BCUT2D eigenvalue weighted by molar-refractivity contribution is 0.391. The zero-order valence-corrected chi connectivity index (χ0v) is 19.9. The van der Waals surface area contributed by atoms with Crippen LogP contribution in [0.2, 0.25) is 0 Å². The fraction of sp³-hybridized carbons (Fsp3) is 0.348. The smallest absolute Gasteiger partial charge is 0.185 e. The number of nitrogens with zero attached hydrogens (tertiary/aromatic N) is 2. The predicted octanol–water partition coefficient (Wildman–Crippen LogP) is 4.47. The summed E-state index contributed by atoms with van der Waals surface area (Å²) in [5.41, 5.74) is 1.23. The molecular formula is C23H24F2N2O4S2. The van der Waals surface area contributed by atoms with Gasteiger partial charge in [0.15, 0.2) is 15.0 Å². The molecule has 1 aromatic heterocycles. The minimum Gasteiger partial charge on any atom is -0.497 e. The molecule has 0 aliphatic carbocycles. The van der Waals surface area contributed by atoms with E-state index >= 15 is 0 Å². The van der Waals surface area contributed by atoms with Crippen LogP contribution in [0.25, 0.3) is 0 Å². The second-order valence-electron chi connectivity index (χ2n) is 7.82. The summed E-state index contributed by atoms with van der Waals surface area (Å²) < 4.78 is 64.0. The molecule has 4 rings (SSSR count).